The maximum absolute atomic E-state index is 7.51. The standard InChI is InChI=1S/C78H51BN4O2/c1-7-24-52(25-8-1)60-36-19-21-38-68(60)82-70-40-23-41-71-74(70)79(66-48-46-64-62-44-42-58(50-72(62)84-77(64)75(66)82)80(54-28-11-3-12-29-54)55-30-13-4-14-31-55)67-49-47-65-63-45-43-59(81(56-32-15-5-16-33-56)57-34-17-6-18-35-57)51-73(63)85-78(65)76(67)83(71)69-39-22-20-37-61(69)53-26-9-2-10-27-53/h1-51H. The number of rotatable bonds is 10. The molecule has 0 bridgehead atoms. The van der Waals surface area contributed by atoms with Gasteiger partial charge >= 0.3 is 0 Å². The number of hydrogen-bond acceptors (Lipinski definition) is 6. The fourth-order valence-electron chi connectivity index (χ4n) is 13.6. The van der Waals surface area contributed by atoms with E-state index in [4.69, 9.17) is 8.83 Å². The Balaban J connectivity index is 0.943. The highest BCUT2D eigenvalue weighted by molar-refractivity contribution is 7.00. The smallest absolute Gasteiger partial charge is 0.252 e. The molecule has 398 valence electrons. The molecule has 0 radical (unpaired) electrons. The van der Waals surface area contributed by atoms with Crippen LogP contribution in [0.2, 0.25) is 0 Å². The number of nitrogens with zero attached hydrogens (tertiary/aromatic N) is 4. The van der Waals surface area contributed by atoms with E-state index in [1.807, 2.05) is 0 Å². The normalized spacial score (nSPS) is 12.4. The average molecular weight is 1090 g/mol. The maximum Gasteiger partial charge on any atom is 0.252 e. The molecular formula is C78H51BN4O2. The van der Waals surface area contributed by atoms with Gasteiger partial charge in [-0.15, -0.1) is 0 Å². The summed E-state index contributed by atoms with van der Waals surface area (Å²) in [5, 5.41) is 4.19. The Morgan fingerprint density at radius 2 is 0.600 bits per heavy atom. The van der Waals surface area contributed by atoms with Crippen molar-refractivity contribution in [3.8, 4) is 22.3 Å². The van der Waals surface area contributed by atoms with Crippen LogP contribution in [0.4, 0.5) is 68.2 Å². The molecule has 2 aliphatic rings. The van der Waals surface area contributed by atoms with Crippen LogP contribution in [-0.4, -0.2) is 6.71 Å². The van der Waals surface area contributed by atoms with Crippen molar-refractivity contribution in [3.05, 3.63) is 309 Å². The minimum Gasteiger partial charge on any atom is -0.454 e. The Morgan fingerprint density at radius 1 is 0.271 bits per heavy atom. The largest absolute Gasteiger partial charge is 0.454 e. The fraction of sp³-hybridized carbons (Fsp3) is 0. The number of anilines is 12. The first-order valence-corrected chi connectivity index (χ1v) is 29.0. The minimum atomic E-state index is -0.240. The molecule has 7 heteroatoms. The predicted molar refractivity (Wildman–Crippen MR) is 355 cm³/mol. The lowest BCUT2D eigenvalue weighted by Crippen LogP contribution is -2.61. The van der Waals surface area contributed by atoms with Gasteiger partial charge in [0, 0.05) is 90.3 Å². The maximum atomic E-state index is 7.51. The number of para-hydroxylation sites is 6. The van der Waals surface area contributed by atoms with Crippen molar-refractivity contribution in [2.45, 2.75) is 0 Å². The van der Waals surface area contributed by atoms with E-state index in [0.717, 1.165) is 145 Å². The second-order valence-corrected chi connectivity index (χ2v) is 21.9. The van der Waals surface area contributed by atoms with Crippen LogP contribution in [0.3, 0.4) is 0 Å². The topological polar surface area (TPSA) is 39.2 Å². The minimum absolute atomic E-state index is 0.240. The van der Waals surface area contributed by atoms with Gasteiger partial charge in [0.15, 0.2) is 11.2 Å². The van der Waals surface area contributed by atoms with E-state index in [9.17, 15) is 0 Å². The molecule has 4 heterocycles. The van der Waals surface area contributed by atoms with Crippen molar-refractivity contribution in [1.82, 2.24) is 0 Å². The third kappa shape index (κ3) is 7.74. The van der Waals surface area contributed by atoms with E-state index in [1.165, 1.54) is 5.46 Å². The SMILES string of the molecule is c1ccc(-c2ccccc2N2c3cccc4c3B(c3ccc5c(oc6cc(N(c7ccccc7)c7ccccc7)ccc65)c32)c2ccc3c(oc5cc(N(c6ccccc6)c6ccccc6)ccc53)c2N4c2ccccc2-c2ccccc2)cc1. The fourth-order valence-corrected chi connectivity index (χ4v) is 13.6. The summed E-state index contributed by atoms with van der Waals surface area (Å²) in [5.41, 5.74) is 23.8. The van der Waals surface area contributed by atoms with Crippen molar-refractivity contribution in [1.29, 1.82) is 0 Å². The van der Waals surface area contributed by atoms with Gasteiger partial charge in [-0.05, 0) is 125 Å². The van der Waals surface area contributed by atoms with Gasteiger partial charge < -0.3 is 28.4 Å². The van der Waals surface area contributed by atoms with E-state index in [1.54, 1.807) is 0 Å². The van der Waals surface area contributed by atoms with Crippen LogP contribution in [-0.2, 0) is 0 Å². The molecule has 0 N–H and O–H groups in total. The van der Waals surface area contributed by atoms with E-state index in [2.05, 4.69) is 329 Å². The van der Waals surface area contributed by atoms with Crippen LogP contribution in [0.25, 0.3) is 66.1 Å². The zero-order chi connectivity index (χ0) is 56.0. The monoisotopic (exact) mass is 1090 g/mol. The summed E-state index contributed by atoms with van der Waals surface area (Å²) < 4.78 is 15.0. The summed E-state index contributed by atoms with van der Waals surface area (Å²) in [7, 11) is 0. The van der Waals surface area contributed by atoms with Crippen LogP contribution in [0, 0.1) is 0 Å². The molecule has 0 atom stereocenters. The first kappa shape index (κ1) is 48.4. The average Bonchev–Trinajstić information content (AvgIpc) is 1.83. The van der Waals surface area contributed by atoms with Crippen LogP contribution < -0.4 is 36.0 Å². The lowest BCUT2D eigenvalue weighted by molar-refractivity contribution is 0.669. The molecular weight excluding hydrogens is 1040 g/mol. The number of furan rings is 2. The van der Waals surface area contributed by atoms with Gasteiger partial charge in [-0.25, -0.2) is 0 Å². The third-order valence-corrected chi connectivity index (χ3v) is 17.2. The third-order valence-electron chi connectivity index (χ3n) is 17.2. The van der Waals surface area contributed by atoms with Crippen molar-refractivity contribution < 1.29 is 8.83 Å². The van der Waals surface area contributed by atoms with Crippen molar-refractivity contribution in [2.24, 2.45) is 0 Å². The Hall–Kier alpha value is -11.3. The Labute approximate surface area is 492 Å². The van der Waals surface area contributed by atoms with Gasteiger partial charge in [-0.2, -0.15) is 0 Å². The van der Waals surface area contributed by atoms with Crippen molar-refractivity contribution in [3.63, 3.8) is 0 Å². The first-order chi connectivity index (χ1) is 42.2. The molecule has 0 aliphatic carbocycles. The van der Waals surface area contributed by atoms with Gasteiger partial charge in [0.25, 0.3) is 6.71 Å². The molecule has 13 aromatic carbocycles. The predicted octanol–water partition coefficient (Wildman–Crippen LogP) is 19.8. The zero-order valence-corrected chi connectivity index (χ0v) is 46.1. The van der Waals surface area contributed by atoms with E-state index in [0.29, 0.717) is 0 Å². The summed E-state index contributed by atoms with van der Waals surface area (Å²) in [6.07, 6.45) is 0. The molecule has 0 fully saturated rings. The van der Waals surface area contributed by atoms with Gasteiger partial charge in [0.1, 0.15) is 11.2 Å². The summed E-state index contributed by atoms with van der Waals surface area (Å²) in [4.78, 5) is 9.59. The number of benzene rings is 13. The molecule has 2 aliphatic heterocycles. The second-order valence-electron chi connectivity index (χ2n) is 21.9. The van der Waals surface area contributed by atoms with Gasteiger partial charge in [-0.1, -0.05) is 200 Å². The molecule has 15 aromatic rings. The highest BCUT2D eigenvalue weighted by atomic mass is 16.3. The highest BCUT2D eigenvalue weighted by Crippen LogP contribution is 2.53. The quantitative estimate of drug-likeness (QED) is 0.127. The van der Waals surface area contributed by atoms with Crippen LogP contribution >= 0.6 is 0 Å². The van der Waals surface area contributed by atoms with E-state index >= 15 is 0 Å². The molecule has 0 spiro atoms. The lowest BCUT2D eigenvalue weighted by Gasteiger charge is -2.44. The van der Waals surface area contributed by atoms with Crippen molar-refractivity contribution in [2.75, 3.05) is 19.6 Å². The van der Waals surface area contributed by atoms with Crippen LogP contribution in [0.1, 0.15) is 0 Å². The van der Waals surface area contributed by atoms with Gasteiger partial charge in [0.05, 0.1) is 22.7 Å². The summed E-state index contributed by atoms with van der Waals surface area (Å²) in [6.45, 7) is -0.240. The molecule has 0 unspecified atom stereocenters. The molecule has 2 aromatic heterocycles. The van der Waals surface area contributed by atoms with Gasteiger partial charge in [0.2, 0.25) is 0 Å². The second kappa shape index (κ2) is 19.7. The van der Waals surface area contributed by atoms with Crippen LogP contribution in [0.15, 0.2) is 318 Å². The Morgan fingerprint density at radius 3 is 0.988 bits per heavy atom. The first-order valence-electron chi connectivity index (χ1n) is 29.0. The molecule has 85 heavy (non-hydrogen) atoms. The van der Waals surface area contributed by atoms with Crippen LogP contribution in [0.5, 0.6) is 0 Å². The summed E-state index contributed by atoms with van der Waals surface area (Å²) in [6, 6.07) is 111. The van der Waals surface area contributed by atoms with E-state index in [-0.39, 0.29) is 6.71 Å². The van der Waals surface area contributed by atoms with E-state index < -0.39 is 0 Å². The van der Waals surface area contributed by atoms with Crippen molar-refractivity contribution >= 4 is 135 Å². The molecule has 0 amide bonds. The molecule has 17 rings (SSSR count). The van der Waals surface area contributed by atoms with Gasteiger partial charge in [-0.3, -0.25) is 0 Å². The molecule has 0 saturated carbocycles. The summed E-state index contributed by atoms with van der Waals surface area (Å²) >= 11 is 0. The highest BCUT2D eigenvalue weighted by Gasteiger charge is 2.46. The number of fused-ring (bicyclic) bond motifs is 12. The zero-order valence-electron chi connectivity index (χ0n) is 46.1. The Bertz CT molecular complexity index is 4640. The molecule has 6 nitrogen and oxygen atoms in total. The number of hydrogen-bond donors (Lipinski definition) is 0. The molecule has 0 saturated heterocycles. The summed E-state index contributed by atoms with van der Waals surface area (Å²) in [5.74, 6) is 0. The lowest BCUT2D eigenvalue weighted by atomic mass is 9.33. The Kier molecular flexibility index (Phi) is 11.2.